The van der Waals surface area contributed by atoms with Crippen LogP contribution in [0.3, 0.4) is 0 Å². The molecule has 0 rings (SSSR count). The largest absolute Gasteiger partial charge is 0.481 e. The summed E-state index contributed by atoms with van der Waals surface area (Å²) in [6.07, 6.45) is 0.166. The molecule has 0 aromatic carbocycles. The standard InChI is InChI=1S/C8H17NO2/c1-5(2)8(9)6(3)4-7(10)11/h5-6,8H,4,9H2,1-3H3,(H,10,11)/t6-,8-/m1/s1. The number of rotatable bonds is 4. The van der Waals surface area contributed by atoms with Crippen molar-refractivity contribution in [3.05, 3.63) is 0 Å². The fourth-order valence-electron chi connectivity index (χ4n) is 1.07. The maximum Gasteiger partial charge on any atom is 0.303 e. The van der Waals surface area contributed by atoms with Gasteiger partial charge in [-0.1, -0.05) is 20.8 Å². The monoisotopic (exact) mass is 159 g/mol. The number of nitrogens with two attached hydrogens (primary N) is 1. The summed E-state index contributed by atoms with van der Waals surface area (Å²) in [4.78, 5) is 10.3. The first kappa shape index (κ1) is 10.4. The maximum atomic E-state index is 10.3. The van der Waals surface area contributed by atoms with E-state index in [-0.39, 0.29) is 18.4 Å². The molecule has 0 unspecified atom stereocenters. The first-order chi connectivity index (χ1) is 4.95. The Hall–Kier alpha value is -0.570. The normalized spacial score (nSPS) is 16.5. The van der Waals surface area contributed by atoms with E-state index in [4.69, 9.17) is 10.8 Å². The van der Waals surface area contributed by atoms with Crippen LogP contribution in [0.25, 0.3) is 0 Å². The van der Waals surface area contributed by atoms with Gasteiger partial charge >= 0.3 is 5.97 Å². The fraction of sp³-hybridized carbons (Fsp3) is 0.875. The zero-order valence-electron chi connectivity index (χ0n) is 7.37. The van der Waals surface area contributed by atoms with Crippen molar-refractivity contribution in [2.45, 2.75) is 33.2 Å². The SMILES string of the molecule is CC(C)[C@@H](N)[C@H](C)CC(=O)O. The van der Waals surface area contributed by atoms with E-state index < -0.39 is 5.97 Å². The average molecular weight is 159 g/mol. The smallest absolute Gasteiger partial charge is 0.303 e. The van der Waals surface area contributed by atoms with Crippen LogP contribution in [0.4, 0.5) is 0 Å². The van der Waals surface area contributed by atoms with Gasteiger partial charge in [0.1, 0.15) is 0 Å². The molecule has 2 atom stereocenters. The maximum absolute atomic E-state index is 10.3. The molecule has 3 N–H and O–H groups in total. The van der Waals surface area contributed by atoms with Gasteiger partial charge in [-0.2, -0.15) is 0 Å². The van der Waals surface area contributed by atoms with E-state index in [0.717, 1.165) is 0 Å². The van der Waals surface area contributed by atoms with Crippen LogP contribution >= 0.6 is 0 Å². The van der Waals surface area contributed by atoms with E-state index in [9.17, 15) is 4.79 Å². The van der Waals surface area contributed by atoms with Gasteiger partial charge in [-0.3, -0.25) is 4.79 Å². The molecule has 0 aliphatic heterocycles. The molecule has 0 saturated carbocycles. The lowest BCUT2D eigenvalue weighted by Gasteiger charge is -2.21. The van der Waals surface area contributed by atoms with E-state index in [1.54, 1.807) is 0 Å². The molecule has 0 bridgehead atoms. The molecule has 3 nitrogen and oxygen atoms in total. The topological polar surface area (TPSA) is 63.3 Å². The Morgan fingerprint density at radius 3 is 2.18 bits per heavy atom. The van der Waals surface area contributed by atoms with Crippen molar-refractivity contribution >= 4 is 5.97 Å². The van der Waals surface area contributed by atoms with Crippen LogP contribution in [0, 0.1) is 11.8 Å². The van der Waals surface area contributed by atoms with Gasteiger partial charge in [0.15, 0.2) is 0 Å². The molecule has 0 aliphatic carbocycles. The Morgan fingerprint density at radius 1 is 1.45 bits per heavy atom. The van der Waals surface area contributed by atoms with Crippen LogP contribution in [0.5, 0.6) is 0 Å². The first-order valence-electron chi connectivity index (χ1n) is 3.92. The highest BCUT2D eigenvalue weighted by Crippen LogP contribution is 2.13. The average Bonchev–Trinajstić information content (AvgIpc) is 1.84. The second-order valence-corrected chi connectivity index (χ2v) is 3.40. The molecular weight excluding hydrogens is 142 g/mol. The minimum absolute atomic E-state index is 0.00824. The predicted molar refractivity (Wildman–Crippen MR) is 44.2 cm³/mol. The van der Waals surface area contributed by atoms with Gasteiger partial charge in [-0.25, -0.2) is 0 Å². The number of hydrogen-bond acceptors (Lipinski definition) is 2. The van der Waals surface area contributed by atoms with E-state index >= 15 is 0 Å². The lowest BCUT2D eigenvalue weighted by atomic mass is 9.90. The van der Waals surface area contributed by atoms with Gasteiger partial charge in [0.2, 0.25) is 0 Å². The summed E-state index contributed by atoms with van der Waals surface area (Å²) in [6.45, 7) is 5.88. The zero-order chi connectivity index (χ0) is 9.02. The number of carboxylic acids is 1. The van der Waals surface area contributed by atoms with Crippen molar-refractivity contribution < 1.29 is 9.90 Å². The quantitative estimate of drug-likeness (QED) is 0.645. The molecular formula is C8H17NO2. The van der Waals surface area contributed by atoms with Crippen LogP contribution in [0.1, 0.15) is 27.2 Å². The van der Waals surface area contributed by atoms with E-state index in [0.29, 0.717) is 5.92 Å². The molecule has 0 aromatic heterocycles. The Balaban J connectivity index is 3.82. The van der Waals surface area contributed by atoms with E-state index in [1.165, 1.54) is 0 Å². The molecule has 0 radical (unpaired) electrons. The zero-order valence-corrected chi connectivity index (χ0v) is 7.37. The summed E-state index contributed by atoms with van der Waals surface area (Å²) in [7, 11) is 0. The molecule has 0 amide bonds. The van der Waals surface area contributed by atoms with Crippen molar-refractivity contribution in [2.24, 2.45) is 17.6 Å². The minimum Gasteiger partial charge on any atom is -0.481 e. The molecule has 0 aliphatic rings. The first-order valence-corrected chi connectivity index (χ1v) is 3.92. The summed E-state index contributed by atoms with van der Waals surface area (Å²) in [6, 6.07) is -0.00824. The summed E-state index contributed by atoms with van der Waals surface area (Å²) in [5.41, 5.74) is 5.74. The predicted octanol–water partition coefficient (Wildman–Crippen LogP) is 1.08. The fourth-order valence-corrected chi connectivity index (χ4v) is 1.07. The number of carbonyl (C=O) groups is 1. The van der Waals surface area contributed by atoms with Gasteiger partial charge in [0, 0.05) is 12.5 Å². The molecule has 0 spiro atoms. The Bertz CT molecular complexity index is 134. The summed E-state index contributed by atoms with van der Waals surface area (Å²) < 4.78 is 0. The van der Waals surface area contributed by atoms with Crippen molar-refractivity contribution in [3.8, 4) is 0 Å². The second-order valence-electron chi connectivity index (χ2n) is 3.40. The molecule has 11 heavy (non-hydrogen) atoms. The third-order valence-electron chi connectivity index (χ3n) is 1.92. The number of aliphatic carboxylic acids is 1. The van der Waals surface area contributed by atoms with Gasteiger partial charge < -0.3 is 10.8 Å². The number of hydrogen-bond donors (Lipinski definition) is 2. The summed E-state index contributed by atoms with van der Waals surface area (Å²) in [5, 5.41) is 8.46. The van der Waals surface area contributed by atoms with Crippen molar-refractivity contribution in [3.63, 3.8) is 0 Å². The van der Waals surface area contributed by atoms with E-state index in [2.05, 4.69) is 0 Å². The highest BCUT2D eigenvalue weighted by Gasteiger charge is 2.18. The lowest BCUT2D eigenvalue weighted by Crippen LogP contribution is -2.34. The Kier molecular flexibility index (Phi) is 4.11. The molecule has 66 valence electrons. The number of carboxylic acid groups (broad SMARTS) is 1. The van der Waals surface area contributed by atoms with Gasteiger partial charge in [-0.15, -0.1) is 0 Å². The molecule has 0 saturated heterocycles. The summed E-state index contributed by atoms with van der Waals surface area (Å²) >= 11 is 0. The van der Waals surface area contributed by atoms with Crippen LogP contribution in [0.2, 0.25) is 0 Å². The van der Waals surface area contributed by atoms with Gasteiger partial charge in [0.05, 0.1) is 0 Å². The lowest BCUT2D eigenvalue weighted by molar-refractivity contribution is -0.138. The molecule has 0 aromatic rings. The summed E-state index contributed by atoms with van der Waals surface area (Å²) in [5.74, 6) is -0.356. The third kappa shape index (κ3) is 3.98. The van der Waals surface area contributed by atoms with Crippen LogP contribution in [0.15, 0.2) is 0 Å². The van der Waals surface area contributed by atoms with Gasteiger partial charge in [-0.05, 0) is 11.8 Å². The Morgan fingerprint density at radius 2 is 1.91 bits per heavy atom. The molecule has 0 fully saturated rings. The van der Waals surface area contributed by atoms with E-state index in [1.807, 2.05) is 20.8 Å². The minimum atomic E-state index is -0.770. The van der Waals surface area contributed by atoms with Crippen LogP contribution in [-0.4, -0.2) is 17.1 Å². The molecule has 0 heterocycles. The van der Waals surface area contributed by atoms with Crippen molar-refractivity contribution in [1.82, 2.24) is 0 Å². The highest BCUT2D eigenvalue weighted by atomic mass is 16.4. The van der Waals surface area contributed by atoms with Gasteiger partial charge in [0.25, 0.3) is 0 Å². The van der Waals surface area contributed by atoms with Crippen molar-refractivity contribution in [2.75, 3.05) is 0 Å². The third-order valence-corrected chi connectivity index (χ3v) is 1.92. The second kappa shape index (κ2) is 4.34. The van der Waals surface area contributed by atoms with Crippen LogP contribution in [-0.2, 0) is 4.79 Å². The molecule has 3 heteroatoms. The highest BCUT2D eigenvalue weighted by molar-refractivity contribution is 5.67. The van der Waals surface area contributed by atoms with Crippen LogP contribution < -0.4 is 5.73 Å². The Labute approximate surface area is 67.6 Å². The van der Waals surface area contributed by atoms with Crippen molar-refractivity contribution in [1.29, 1.82) is 0 Å².